The van der Waals surface area contributed by atoms with Crippen LogP contribution in [0.15, 0.2) is 36.5 Å². The number of rotatable bonds is 4. The van der Waals surface area contributed by atoms with E-state index in [1.807, 2.05) is 19.1 Å². The van der Waals surface area contributed by atoms with Crippen LogP contribution < -0.4 is 5.32 Å². The van der Waals surface area contributed by atoms with Crippen molar-refractivity contribution in [3.05, 3.63) is 62.9 Å². The number of halogens is 1. The van der Waals surface area contributed by atoms with Gasteiger partial charge in [-0.05, 0) is 24.1 Å². The number of benzene rings is 1. The van der Waals surface area contributed by atoms with Gasteiger partial charge in [0.1, 0.15) is 11.3 Å². The van der Waals surface area contributed by atoms with Crippen LogP contribution in [0.4, 0.5) is 11.4 Å². The molecule has 0 saturated carbocycles. The van der Waals surface area contributed by atoms with Gasteiger partial charge in [-0.1, -0.05) is 30.7 Å². The van der Waals surface area contributed by atoms with Crippen molar-refractivity contribution >= 4 is 28.9 Å². The summed E-state index contributed by atoms with van der Waals surface area (Å²) in [4.78, 5) is 25.8. The van der Waals surface area contributed by atoms with Crippen molar-refractivity contribution in [1.29, 1.82) is 0 Å². The van der Waals surface area contributed by atoms with E-state index in [2.05, 4.69) is 10.3 Å². The second-order valence-corrected chi connectivity index (χ2v) is 4.65. The van der Waals surface area contributed by atoms with Crippen molar-refractivity contribution in [2.75, 3.05) is 5.32 Å². The van der Waals surface area contributed by atoms with Gasteiger partial charge in [0, 0.05) is 11.8 Å². The van der Waals surface area contributed by atoms with Crippen molar-refractivity contribution in [3.63, 3.8) is 0 Å². The maximum Gasteiger partial charge on any atom is 0.288 e. The summed E-state index contributed by atoms with van der Waals surface area (Å²) in [7, 11) is 0. The van der Waals surface area contributed by atoms with E-state index >= 15 is 0 Å². The number of amides is 1. The first-order valence-electron chi connectivity index (χ1n) is 6.21. The molecule has 0 fully saturated rings. The van der Waals surface area contributed by atoms with Gasteiger partial charge in [0.05, 0.1) is 10.5 Å². The number of carbonyl (C=O) groups excluding carboxylic acids is 1. The Bertz CT molecular complexity index is 686. The van der Waals surface area contributed by atoms with Crippen LogP contribution in [0.25, 0.3) is 0 Å². The van der Waals surface area contributed by atoms with Crippen LogP contribution in [0.5, 0.6) is 0 Å². The van der Waals surface area contributed by atoms with Gasteiger partial charge in [0.25, 0.3) is 11.6 Å². The van der Waals surface area contributed by atoms with Gasteiger partial charge in [-0.2, -0.15) is 0 Å². The van der Waals surface area contributed by atoms with Crippen LogP contribution >= 0.6 is 11.6 Å². The maximum atomic E-state index is 12.1. The molecule has 7 heteroatoms. The van der Waals surface area contributed by atoms with Crippen LogP contribution in [0.1, 0.15) is 22.8 Å². The van der Waals surface area contributed by atoms with E-state index in [0.29, 0.717) is 5.69 Å². The molecule has 1 N–H and O–H groups in total. The van der Waals surface area contributed by atoms with E-state index in [1.54, 1.807) is 12.1 Å². The Morgan fingerprint density at radius 3 is 2.62 bits per heavy atom. The first kappa shape index (κ1) is 14.9. The Morgan fingerprint density at radius 1 is 1.38 bits per heavy atom. The fraction of sp³-hybridized carbons (Fsp3) is 0.143. The lowest BCUT2D eigenvalue weighted by Crippen LogP contribution is -2.13. The largest absolute Gasteiger partial charge is 0.322 e. The number of carbonyl (C=O) groups is 1. The van der Waals surface area contributed by atoms with Crippen molar-refractivity contribution in [1.82, 2.24) is 4.98 Å². The van der Waals surface area contributed by atoms with Gasteiger partial charge in [-0.25, -0.2) is 4.98 Å². The molecule has 21 heavy (non-hydrogen) atoms. The topological polar surface area (TPSA) is 85.1 Å². The fourth-order valence-electron chi connectivity index (χ4n) is 1.72. The van der Waals surface area contributed by atoms with Crippen LogP contribution in [-0.4, -0.2) is 15.8 Å². The SMILES string of the molecule is CCc1ccc(NC(=O)c2cc([N+](=O)[O-])cnc2Cl)cc1. The average molecular weight is 306 g/mol. The number of aryl methyl sites for hydroxylation is 1. The summed E-state index contributed by atoms with van der Waals surface area (Å²) in [6.07, 6.45) is 1.91. The van der Waals surface area contributed by atoms with E-state index in [0.717, 1.165) is 24.2 Å². The zero-order valence-corrected chi connectivity index (χ0v) is 11.9. The zero-order valence-electron chi connectivity index (χ0n) is 11.2. The Balaban J connectivity index is 2.23. The summed E-state index contributed by atoms with van der Waals surface area (Å²) in [6.45, 7) is 2.03. The number of nitro groups is 1. The van der Waals surface area contributed by atoms with Crippen molar-refractivity contribution in [3.8, 4) is 0 Å². The number of hydrogen-bond acceptors (Lipinski definition) is 4. The summed E-state index contributed by atoms with van der Waals surface area (Å²) < 4.78 is 0. The van der Waals surface area contributed by atoms with Crippen molar-refractivity contribution in [2.45, 2.75) is 13.3 Å². The molecule has 108 valence electrons. The molecule has 1 aromatic heterocycles. The Labute approximate surface area is 125 Å². The molecule has 1 aromatic carbocycles. The summed E-state index contributed by atoms with van der Waals surface area (Å²) in [6, 6.07) is 8.40. The summed E-state index contributed by atoms with van der Waals surface area (Å²) in [5, 5.41) is 13.3. The van der Waals surface area contributed by atoms with Crippen LogP contribution in [0.3, 0.4) is 0 Å². The van der Waals surface area contributed by atoms with E-state index < -0.39 is 10.8 Å². The molecule has 2 aromatic rings. The minimum Gasteiger partial charge on any atom is -0.322 e. The Hall–Kier alpha value is -2.47. The number of hydrogen-bond donors (Lipinski definition) is 1. The third-order valence-electron chi connectivity index (χ3n) is 2.90. The molecular formula is C14H12ClN3O3. The summed E-state index contributed by atoms with van der Waals surface area (Å²) in [5.41, 5.74) is 1.40. The van der Waals surface area contributed by atoms with E-state index in [-0.39, 0.29) is 16.4 Å². The molecule has 0 aliphatic heterocycles. The Kier molecular flexibility index (Phi) is 4.49. The lowest BCUT2D eigenvalue weighted by Gasteiger charge is -2.07. The molecule has 0 saturated heterocycles. The molecule has 0 unspecified atom stereocenters. The van der Waals surface area contributed by atoms with E-state index in [1.165, 1.54) is 0 Å². The van der Waals surface area contributed by atoms with Gasteiger partial charge in [0.2, 0.25) is 0 Å². The molecule has 0 aliphatic rings. The highest BCUT2D eigenvalue weighted by Gasteiger charge is 2.17. The number of anilines is 1. The predicted octanol–water partition coefficient (Wildman–Crippen LogP) is 3.46. The smallest absolute Gasteiger partial charge is 0.288 e. The van der Waals surface area contributed by atoms with Crippen LogP contribution in [-0.2, 0) is 6.42 Å². The van der Waals surface area contributed by atoms with Crippen molar-refractivity contribution < 1.29 is 9.72 Å². The third-order valence-corrected chi connectivity index (χ3v) is 3.20. The molecule has 1 heterocycles. The van der Waals surface area contributed by atoms with Crippen molar-refractivity contribution in [2.24, 2.45) is 0 Å². The fourth-order valence-corrected chi connectivity index (χ4v) is 1.91. The quantitative estimate of drug-likeness (QED) is 0.532. The molecule has 6 nitrogen and oxygen atoms in total. The van der Waals surface area contributed by atoms with Gasteiger partial charge in [0.15, 0.2) is 0 Å². The van der Waals surface area contributed by atoms with Gasteiger partial charge in [-0.15, -0.1) is 0 Å². The third kappa shape index (κ3) is 3.55. The second-order valence-electron chi connectivity index (χ2n) is 4.29. The highest BCUT2D eigenvalue weighted by atomic mass is 35.5. The lowest BCUT2D eigenvalue weighted by molar-refractivity contribution is -0.385. The summed E-state index contributed by atoms with van der Waals surface area (Å²) in [5.74, 6) is -0.541. The summed E-state index contributed by atoms with van der Waals surface area (Å²) >= 11 is 5.82. The highest BCUT2D eigenvalue weighted by molar-refractivity contribution is 6.33. The monoisotopic (exact) mass is 305 g/mol. The first-order valence-corrected chi connectivity index (χ1v) is 6.59. The van der Waals surface area contributed by atoms with Gasteiger partial charge in [-0.3, -0.25) is 14.9 Å². The minimum atomic E-state index is -0.629. The molecule has 1 amide bonds. The molecule has 0 aliphatic carbocycles. The lowest BCUT2D eigenvalue weighted by atomic mass is 10.1. The normalized spacial score (nSPS) is 10.2. The maximum absolute atomic E-state index is 12.1. The highest BCUT2D eigenvalue weighted by Crippen LogP contribution is 2.20. The predicted molar refractivity (Wildman–Crippen MR) is 79.7 cm³/mol. The number of aromatic nitrogens is 1. The zero-order chi connectivity index (χ0) is 15.4. The molecule has 2 rings (SSSR count). The molecule has 0 spiro atoms. The minimum absolute atomic E-state index is 0.0366. The number of nitrogens with zero attached hydrogens (tertiary/aromatic N) is 2. The molecular weight excluding hydrogens is 294 g/mol. The average Bonchev–Trinajstić information content (AvgIpc) is 2.48. The standard InChI is InChI=1S/C14H12ClN3O3/c1-2-9-3-5-10(6-4-9)17-14(19)12-7-11(18(20)21)8-16-13(12)15/h3-8H,2H2,1H3,(H,17,19). The molecule has 0 bridgehead atoms. The van der Waals surface area contributed by atoms with Gasteiger partial charge < -0.3 is 5.32 Å². The second kappa shape index (κ2) is 6.32. The van der Waals surface area contributed by atoms with Crippen LogP contribution in [0, 0.1) is 10.1 Å². The Morgan fingerprint density at radius 2 is 2.05 bits per heavy atom. The van der Waals surface area contributed by atoms with Gasteiger partial charge >= 0.3 is 0 Å². The molecule has 0 radical (unpaired) electrons. The van der Waals surface area contributed by atoms with Crippen LogP contribution in [0.2, 0.25) is 5.15 Å². The number of nitrogens with one attached hydrogen (secondary N) is 1. The first-order chi connectivity index (χ1) is 10.0. The number of pyridine rings is 1. The molecule has 0 atom stereocenters. The van der Waals surface area contributed by atoms with E-state index in [9.17, 15) is 14.9 Å². The van der Waals surface area contributed by atoms with E-state index in [4.69, 9.17) is 11.6 Å².